The van der Waals surface area contributed by atoms with Gasteiger partial charge in [-0.05, 0) is 43.5 Å². The molecule has 1 unspecified atom stereocenters. The molecule has 0 bridgehead atoms. The van der Waals surface area contributed by atoms with E-state index in [4.69, 9.17) is 0 Å². The lowest BCUT2D eigenvalue weighted by molar-refractivity contribution is -0.116. The number of hydrogen-bond donors (Lipinski definition) is 3. The van der Waals surface area contributed by atoms with Crippen LogP contribution < -0.4 is 16.0 Å². The molecule has 2 rings (SSSR count). The molecule has 5 heteroatoms. The van der Waals surface area contributed by atoms with Crippen LogP contribution in [0.4, 0.5) is 5.69 Å². The quantitative estimate of drug-likeness (QED) is 0.753. The van der Waals surface area contributed by atoms with Gasteiger partial charge in [0.25, 0.3) is 5.91 Å². The maximum atomic E-state index is 12.2. The number of nitrogens with one attached hydrogen (secondary N) is 3. The number of amides is 2. The molecule has 0 saturated carbocycles. The Hall–Kier alpha value is -1.88. The molecule has 1 atom stereocenters. The van der Waals surface area contributed by atoms with Crippen molar-refractivity contribution in [2.75, 3.05) is 25.0 Å². The van der Waals surface area contributed by atoms with Crippen molar-refractivity contribution < 1.29 is 9.59 Å². The van der Waals surface area contributed by atoms with Gasteiger partial charge in [-0.25, -0.2) is 0 Å². The molecule has 1 aromatic rings. The highest BCUT2D eigenvalue weighted by Crippen LogP contribution is 2.18. The SMILES string of the molecule is CC(C)CNC(=O)c1ccccc1NC(=O)CC1CCNC1. The molecular formula is C17H25N3O2. The van der Waals surface area contributed by atoms with Crippen molar-refractivity contribution in [3.63, 3.8) is 0 Å². The summed E-state index contributed by atoms with van der Waals surface area (Å²) >= 11 is 0. The fourth-order valence-corrected chi connectivity index (χ4v) is 2.53. The third-order valence-electron chi connectivity index (χ3n) is 3.75. The minimum absolute atomic E-state index is 0.0298. The first kappa shape index (κ1) is 16.5. The van der Waals surface area contributed by atoms with E-state index >= 15 is 0 Å². The Morgan fingerprint density at radius 2 is 2.09 bits per heavy atom. The van der Waals surface area contributed by atoms with Gasteiger partial charge in [0.15, 0.2) is 0 Å². The molecule has 0 spiro atoms. The van der Waals surface area contributed by atoms with Crippen molar-refractivity contribution >= 4 is 17.5 Å². The lowest BCUT2D eigenvalue weighted by atomic mass is 10.0. The number of carbonyl (C=O) groups is 2. The maximum absolute atomic E-state index is 12.2. The van der Waals surface area contributed by atoms with Gasteiger partial charge in [0.1, 0.15) is 0 Å². The summed E-state index contributed by atoms with van der Waals surface area (Å²) in [6.07, 6.45) is 1.53. The predicted molar refractivity (Wildman–Crippen MR) is 87.8 cm³/mol. The Morgan fingerprint density at radius 1 is 1.32 bits per heavy atom. The minimum Gasteiger partial charge on any atom is -0.352 e. The summed E-state index contributed by atoms with van der Waals surface area (Å²) in [5.74, 6) is 0.604. The Morgan fingerprint density at radius 3 is 2.77 bits per heavy atom. The summed E-state index contributed by atoms with van der Waals surface area (Å²) in [5.41, 5.74) is 1.10. The fraction of sp³-hybridized carbons (Fsp3) is 0.529. The molecule has 2 amide bonds. The summed E-state index contributed by atoms with van der Waals surface area (Å²) in [4.78, 5) is 24.4. The van der Waals surface area contributed by atoms with E-state index in [1.165, 1.54) is 0 Å². The molecule has 1 heterocycles. The van der Waals surface area contributed by atoms with Gasteiger partial charge in [0.2, 0.25) is 5.91 Å². The van der Waals surface area contributed by atoms with Crippen LogP contribution in [-0.2, 0) is 4.79 Å². The number of benzene rings is 1. The first-order valence-corrected chi connectivity index (χ1v) is 7.94. The van der Waals surface area contributed by atoms with Gasteiger partial charge in [-0.2, -0.15) is 0 Å². The van der Waals surface area contributed by atoms with E-state index in [-0.39, 0.29) is 11.8 Å². The highest BCUT2D eigenvalue weighted by Gasteiger charge is 2.19. The number of anilines is 1. The second-order valence-electron chi connectivity index (χ2n) is 6.26. The molecule has 1 aliphatic heterocycles. The molecule has 1 fully saturated rings. The van der Waals surface area contributed by atoms with Crippen LogP contribution in [0.5, 0.6) is 0 Å². The largest absolute Gasteiger partial charge is 0.352 e. The molecule has 5 nitrogen and oxygen atoms in total. The van der Waals surface area contributed by atoms with Crippen molar-refractivity contribution in [1.29, 1.82) is 0 Å². The van der Waals surface area contributed by atoms with Gasteiger partial charge in [-0.3, -0.25) is 9.59 Å². The number of para-hydroxylation sites is 1. The van der Waals surface area contributed by atoms with Crippen LogP contribution in [0, 0.1) is 11.8 Å². The monoisotopic (exact) mass is 303 g/mol. The summed E-state index contributed by atoms with van der Waals surface area (Å²) in [7, 11) is 0. The summed E-state index contributed by atoms with van der Waals surface area (Å²) in [6, 6.07) is 7.14. The Bertz CT molecular complexity index is 522. The lowest BCUT2D eigenvalue weighted by Gasteiger charge is -2.13. The summed E-state index contributed by atoms with van der Waals surface area (Å²) < 4.78 is 0. The van der Waals surface area contributed by atoms with Crippen LogP contribution in [-0.4, -0.2) is 31.4 Å². The standard InChI is InChI=1S/C17H25N3O2/c1-12(2)10-19-17(22)14-5-3-4-6-15(14)20-16(21)9-13-7-8-18-11-13/h3-6,12-13,18H,7-11H2,1-2H3,(H,19,22)(H,20,21). The van der Waals surface area contributed by atoms with E-state index in [2.05, 4.69) is 16.0 Å². The molecule has 3 N–H and O–H groups in total. The van der Waals surface area contributed by atoms with E-state index in [0.717, 1.165) is 19.5 Å². The van der Waals surface area contributed by atoms with Crippen LogP contribution in [0.1, 0.15) is 37.0 Å². The average Bonchev–Trinajstić information content (AvgIpc) is 2.98. The second-order valence-corrected chi connectivity index (χ2v) is 6.26. The summed E-state index contributed by atoms with van der Waals surface area (Å²) in [5, 5.41) is 9.02. The molecule has 0 aliphatic carbocycles. The van der Waals surface area contributed by atoms with Crippen LogP contribution in [0.2, 0.25) is 0 Å². The van der Waals surface area contributed by atoms with Crippen molar-refractivity contribution in [2.45, 2.75) is 26.7 Å². The zero-order valence-corrected chi connectivity index (χ0v) is 13.3. The molecule has 0 aromatic heterocycles. The van der Waals surface area contributed by atoms with Crippen LogP contribution in [0.15, 0.2) is 24.3 Å². The Kier molecular flexibility index (Phi) is 5.95. The molecule has 1 aliphatic rings. The van der Waals surface area contributed by atoms with Crippen LogP contribution in [0.25, 0.3) is 0 Å². The van der Waals surface area contributed by atoms with E-state index in [1.807, 2.05) is 19.9 Å². The van der Waals surface area contributed by atoms with Crippen LogP contribution >= 0.6 is 0 Å². The number of hydrogen-bond acceptors (Lipinski definition) is 3. The smallest absolute Gasteiger partial charge is 0.253 e. The van der Waals surface area contributed by atoms with E-state index in [9.17, 15) is 9.59 Å². The minimum atomic E-state index is -0.146. The molecular weight excluding hydrogens is 278 g/mol. The molecule has 1 aromatic carbocycles. The molecule has 0 radical (unpaired) electrons. The van der Waals surface area contributed by atoms with Gasteiger partial charge in [0, 0.05) is 13.0 Å². The zero-order valence-electron chi connectivity index (χ0n) is 13.3. The van der Waals surface area contributed by atoms with Crippen molar-refractivity contribution in [2.24, 2.45) is 11.8 Å². The summed E-state index contributed by atoms with van der Waals surface area (Å²) in [6.45, 7) is 6.58. The lowest BCUT2D eigenvalue weighted by Crippen LogP contribution is -2.28. The van der Waals surface area contributed by atoms with E-state index < -0.39 is 0 Å². The topological polar surface area (TPSA) is 70.2 Å². The van der Waals surface area contributed by atoms with Crippen molar-refractivity contribution in [1.82, 2.24) is 10.6 Å². The third-order valence-corrected chi connectivity index (χ3v) is 3.75. The van der Waals surface area contributed by atoms with Crippen molar-refractivity contribution in [3.05, 3.63) is 29.8 Å². The van der Waals surface area contributed by atoms with Crippen molar-refractivity contribution in [3.8, 4) is 0 Å². The molecule has 1 saturated heterocycles. The highest BCUT2D eigenvalue weighted by molar-refractivity contribution is 6.03. The van der Waals surface area contributed by atoms with Crippen LogP contribution in [0.3, 0.4) is 0 Å². The van der Waals surface area contributed by atoms with E-state index in [1.54, 1.807) is 18.2 Å². The first-order chi connectivity index (χ1) is 10.6. The van der Waals surface area contributed by atoms with Gasteiger partial charge < -0.3 is 16.0 Å². The van der Waals surface area contributed by atoms with Gasteiger partial charge >= 0.3 is 0 Å². The number of carbonyl (C=O) groups excluding carboxylic acids is 2. The third kappa shape index (κ3) is 4.84. The fourth-order valence-electron chi connectivity index (χ4n) is 2.53. The molecule has 120 valence electrons. The zero-order chi connectivity index (χ0) is 15.9. The number of rotatable bonds is 6. The second kappa shape index (κ2) is 7.94. The molecule has 22 heavy (non-hydrogen) atoms. The normalized spacial score (nSPS) is 17.5. The average molecular weight is 303 g/mol. The Labute approximate surface area is 131 Å². The maximum Gasteiger partial charge on any atom is 0.253 e. The van der Waals surface area contributed by atoms with Gasteiger partial charge in [0.05, 0.1) is 11.3 Å². The highest BCUT2D eigenvalue weighted by atomic mass is 16.2. The Balaban J connectivity index is 1.97. The van der Waals surface area contributed by atoms with E-state index in [0.29, 0.717) is 36.1 Å². The van der Waals surface area contributed by atoms with Gasteiger partial charge in [-0.15, -0.1) is 0 Å². The van der Waals surface area contributed by atoms with Gasteiger partial charge in [-0.1, -0.05) is 26.0 Å². The first-order valence-electron chi connectivity index (χ1n) is 7.94. The predicted octanol–water partition coefficient (Wildman–Crippen LogP) is 2.01.